The Morgan fingerprint density at radius 2 is 1.71 bits per heavy atom. The van der Waals surface area contributed by atoms with Crippen LogP contribution in [0, 0.1) is 13.8 Å². The SMILES string of the molecule is CCCCCC(=O)N1CCN(S(=O)(=O)c2ccc(C)c(C)c2)CC1. The molecule has 0 radical (unpaired) electrons. The topological polar surface area (TPSA) is 57.7 Å². The molecule has 1 amide bonds. The molecule has 24 heavy (non-hydrogen) atoms. The molecule has 0 saturated carbocycles. The minimum atomic E-state index is -3.48. The van der Waals surface area contributed by atoms with Crippen molar-refractivity contribution in [3.8, 4) is 0 Å². The van der Waals surface area contributed by atoms with Crippen molar-refractivity contribution in [1.82, 2.24) is 9.21 Å². The lowest BCUT2D eigenvalue weighted by atomic mass is 10.1. The number of carbonyl (C=O) groups excluding carboxylic acids is 1. The summed E-state index contributed by atoms with van der Waals surface area (Å²) < 4.78 is 27.0. The smallest absolute Gasteiger partial charge is 0.243 e. The number of hydrogen-bond donors (Lipinski definition) is 0. The van der Waals surface area contributed by atoms with Crippen LogP contribution in [0.25, 0.3) is 0 Å². The van der Waals surface area contributed by atoms with Crippen LogP contribution < -0.4 is 0 Å². The molecule has 5 nitrogen and oxygen atoms in total. The van der Waals surface area contributed by atoms with Gasteiger partial charge in [0.25, 0.3) is 0 Å². The van der Waals surface area contributed by atoms with Crippen LogP contribution in [-0.4, -0.2) is 49.7 Å². The lowest BCUT2D eigenvalue weighted by Gasteiger charge is -2.34. The Kier molecular flexibility index (Phi) is 6.40. The average molecular weight is 353 g/mol. The molecule has 1 aromatic carbocycles. The van der Waals surface area contributed by atoms with Gasteiger partial charge in [0.15, 0.2) is 0 Å². The molecule has 0 bridgehead atoms. The third kappa shape index (κ3) is 4.36. The van der Waals surface area contributed by atoms with E-state index in [4.69, 9.17) is 0 Å². The molecule has 1 aromatic rings. The van der Waals surface area contributed by atoms with E-state index in [0.717, 1.165) is 30.4 Å². The van der Waals surface area contributed by atoms with Crippen LogP contribution in [0.15, 0.2) is 23.1 Å². The fourth-order valence-electron chi connectivity index (χ4n) is 2.89. The Labute approximate surface area is 145 Å². The summed E-state index contributed by atoms with van der Waals surface area (Å²) in [6.07, 6.45) is 3.64. The summed E-state index contributed by atoms with van der Waals surface area (Å²) in [5.41, 5.74) is 2.05. The van der Waals surface area contributed by atoms with Gasteiger partial charge in [0, 0.05) is 32.6 Å². The van der Waals surface area contributed by atoms with E-state index in [-0.39, 0.29) is 5.91 Å². The van der Waals surface area contributed by atoms with Crippen molar-refractivity contribution < 1.29 is 13.2 Å². The summed E-state index contributed by atoms with van der Waals surface area (Å²) in [5, 5.41) is 0. The van der Waals surface area contributed by atoms with E-state index in [2.05, 4.69) is 6.92 Å². The van der Waals surface area contributed by atoms with Crippen LogP contribution in [0.5, 0.6) is 0 Å². The molecular formula is C18H28N2O3S. The standard InChI is InChI=1S/C18H28N2O3S/c1-4-5-6-7-18(21)19-10-12-20(13-11-19)24(22,23)17-9-8-15(2)16(3)14-17/h8-9,14H,4-7,10-13H2,1-3H3. The second kappa shape index (κ2) is 8.12. The zero-order valence-corrected chi connectivity index (χ0v) is 15.7. The van der Waals surface area contributed by atoms with E-state index in [0.29, 0.717) is 37.5 Å². The minimum absolute atomic E-state index is 0.145. The van der Waals surface area contributed by atoms with Crippen molar-refractivity contribution in [2.24, 2.45) is 0 Å². The van der Waals surface area contributed by atoms with Crippen LogP contribution in [-0.2, 0) is 14.8 Å². The first kappa shape index (κ1) is 18.9. The van der Waals surface area contributed by atoms with Gasteiger partial charge >= 0.3 is 0 Å². The molecule has 1 heterocycles. The van der Waals surface area contributed by atoms with Gasteiger partial charge in [-0.1, -0.05) is 25.8 Å². The summed E-state index contributed by atoms with van der Waals surface area (Å²) in [4.78, 5) is 14.3. The van der Waals surface area contributed by atoms with Crippen molar-refractivity contribution in [2.75, 3.05) is 26.2 Å². The molecule has 0 aliphatic carbocycles. The van der Waals surface area contributed by atoms with Gasteiger partial charge in [-0.2, -0.15) is 4.31 Å². The van der Waals surface area contributed by atoms with Crippen LogP contribution in [0.3, 0.4) is 0 Å². The Balaban J connectivity index is 1.98. The molecule has 6 heteroatoms. The summed E-state index contributed by atoms with van der Waals surface area (Å²) in [5.74, 6) is 0.145. The van der Waals surface area contributed by atoms with Crippen LogP contribution in [0.4, 0.5) is 0 Å². The fourth-order valence-corrected chi connectivity index (χ4v) is 4.39. The first-order valence-electron chi connectivity index (χ1n) is 8.71. The van der Waals surface area contributed by atoms with Crippen molar-refractivity contribution in [3.05, 3.63) is 29.3 Å². The summed E-state index contributed by atoms with van der Waals surface area (Å²) >= 11 is 0. The zero-order chi connectivity index (χ0) is 17.7. The highest BCUT2D eigenvalue weighted by Crippen LogP contribution is 2.20. The normalized spacial score (nSPS) is 16.4. The molecule has 1 aliphatic heterocycles. The highest BCUT2D eigenvalue weighted by molar-refractivity contribution is 7.89. The molecule has 0 atom stereocenters. The molecule has 2 rings (SSSR count). The Hall–Kier alpha value is -1.40. The molecular weight excluding hydrogens is 324 g/mol. The van der Waals surface area contributed by atoms with E-state index in [1.54, 1.807) is 17.0 Å². The minimum Gasteiger partial charge on any atom is -0.340 e. The molecule has 0 spiro atoms. The number of sulfonamides is 1. The first-order chi connectivity index (χ1) is 11.4. The summed E-state index contributed by atoms with van der Waals surface area (Å²) in [7, 11) is -3.48. The van der Waals surface area contributed by atoms with Gasteiger partial charge in [0.05, 0.1) is 4.90 Å². The number of hydrogen-bond acceptors (Lipinski definition) is 3. The van der Waals surface area contributed by atoms with Crippen molar-refractivity contribution in [1.29, 1.82) is 0 Å². The van der Waals surface area contributed by atoms with E-state index < -0.39 is 10.0 Å². The van der Waals surface area contributed by atoms with Gasteiger partial charge in [-0.15, -0.1) is 0 Å². The summed E-state index contributed by atoms with van der Waals surface area (Å²) in [6, 6.07) is 5.24. The van der Waals surface area contributed by atoms with Gasteiger partial charge in [0.1, 0.15) is 0 Å². The number of piperazine rings is 1. The van der Waals surface area contributed by atoms with E-state index >= 15 is 0 Å². The summed E-state index contributed by atoms with van der Waals surface area (Å²) in [6.45, 7) is 7.70. The van der Waals surface area contributed by atoms with Gasteiger partial charge in [-0.25, -0.2) is 8.42 Å². The largest absolute Gasteiger partial charge is 0.340 e. The molecule has 0 unspecified atom stereocenters. The van der Waals surface area contributed by atoms with E-state index in [9.17, 15) is 13.2 Å². The average Bonchev–Trinajstić information content (AvgIpc) is 2.57. The molecule has 1 saturated heterocycles. The van der Waals surface area contributed by atoms with E-state index in [1.165, 1.54) is 4.31 Å². The number of aryl methyl sites for hydroxylation is 2. The van der Waals surface area contributed by atoms with Gasteiger partial charge < -0.3 is 4.90 Å². The molecule has 1 aliphatic rings. The fraction of sp³-hybridized carbons (Fsp3) is 0.611. The van der Waals surface area contributed by atoms with E-state index in [1.807, 2.05) is 19.9 Å². The second-order valence-corrected chi connectivity index (χ2v) is 8.43. The maximum atomic E-state index is 12.8. The Bertz CT molecular complexity index is 678. The van der Waals surface area contributed by atoms with Gasteiger partial charge in [0.2, 0.25) is 15.9 Å². The highest BCUT2D eigenvalue weighted by atomic mass is 32.2. The molecule has 134 valence electrons. The first-order valence-corrected chi connectivity index (χ1v) is 10.2. The maximum Gasteiger partial charge on any atom is 0.243 e. The van der Waals surface area contributed by atoms with Gasteiger partial charge in [-0.05, 0) is 43.5 Å². The number of benzene rings is 1. The Morgan fingerprint density at radius 3 is 2.29 bits per heavy atom. The number of unbranched alkanes of at least 4 members (excludes halogenated alkanes) is 2. The van der Waals surface area contributed by atoms with Crippen molar-refractivity contribution in [3.63, 3.8) is 0 Å². The number of rotatable bonds is 6. The zero-order valence-electron chi connectivity index (χ0n) is 14.9. The lowest BCUT2D eigenvalue weighted by Crippen LogP contribution is -2.50. The maximum absolute atomic E-state index is 12.8. The van der Waals surface area contributed by atoms with Crippen molar-refractivity contribution in [2.45, 2.75) is 51.3 Å². The number of nitrogens with zero attached hydrogens (tertiary/aromatic N) is 2. The number of amides is 1. The molecule has 0 aromatic heterocycles. The third-order valence-electron chi connectivity index (χ3n) is 4.70. The molecule has 0 N–H and O–H groups in total. The quantitative estimate of drug-likeness (QED) is 0.740. The highest BCUT2D eigenvalue weighted by Gasteiger charge is 2.30. The Morgan fingerprint density at radius 1 is 1.04 bits per heavy atom. The second-order valence-electron chi connectivity index (χ2n) is 6.49. The van der Waals surface area contributed by atoms with Crippen LogP contribution in [0.1, 0.15) is 43.7 Å². The third-order valence-corrected chi connectivity index (χ3v) is 6.60. The number of carbonyl (C=O) groups is 1. The molecule has 1 fully saturated rings. The van der Waals surface area contributed by atoms with Crippen LogP contribution in [0.2, 0.25) is 0 Å². The lowest BCUT2D eigenvalue weighted by molar-refractivity contribution is -0.132. The predicted octanol–water partition coefficient (Wildman–Crippen LogP) is 2.72. The monoisotopic (exact) mass is 352 g/mol. The van der Waals surface area contributed by atoms with Gasteiger partial charge in [-0.3, -0.25) is 4.79 Å². The van der Waals surface area contributed by atoms with Crippen molar-refractivity contribution >= 4 is 15.9 Å². The van der Waals surface area contributed by atoms with Crippen LogP contribution >= 0.6 is 0 Å². The predicted molar refractivity (Wildman–Crippen MR) is 95.4 cm³/mol.